The highest BCUT2D eigenvalue weighted by molar-refractivity contribution is 7.99. The van der Waals surface area contributed by atoms with Gasteiger partial charge in [-0.25, -0.2) is 0 Å². The summed E-state index contributed by atoms with van der Waals surface area (Å²) in [4.78, 5) is 26.2. The quantitative estimate of drug-likeness (QED) is 0.529. The lowest BCUT2D eigenvalue weighted by Crippen LogP contribution is -2.59. The Morgan fingerprint density at radius 1 is 1.36 bits per heavy atom. The maximum atomic E-state index is 12.7. The molecule has 0 radical (unpaired) electrons. The SMILES string of the molecule is O=C(NCC1(N2CCOCC2)CCSC1)c1ccc(NC2CC2)c([N+](=O)[O-])c1. The average Bonchev–Trinajstić information content (AvgIpc) is 3.40. The van der Waals surface area contributed by atoms with Crippen molar-refractivity contribution in [2.24, 2.45) is 0 Å². The second kappa shape index (κ2) is 8.26. The van der Waals surface area contributed by atoms with Crippen LogP contribution in [0.4, 0.5) is 11.4 Å². The summed E-state index contributed by atoms with van der Waals surface area (Å²) < 4.78 is 5.47. The largest absolute Gasteiger partial charge is 0.379 e. The number of carbonyl (C=O) groups excluding carboxylic acids is 1. The average molecular weight is 407 g/mol. The van der Waals surface area contributed by atoms with E-state index in [1.807, 2.05) is 11.8 Å². The van der Waals surface area contributed by atoms with Crippen LogP contribution in [0.3, 0.4) is 0 Å². The van der Waals surface area contributed by atoms with Crippen molar-refractivity contribution >= 4 is 29.0 Å². The number of rotatable bonds is 7. The predicted octanol–water partition coefficient (Wildman–Crippen LogP) is 2.11. The van der Waals surface area contributed by atoms with Gasteiger partial charge in [0.15, 0.2) is 0 Å². The van der Waals surface area contributed by atoms with E-state index in [0.29, 0.717) is 23.8 Å². The fraction of sp³-hybridized carbons (Fsp3) is 0.632. The Balaban J connectivity index is 1.45. The molecule has 3 fully saturated rings. The van der Waals surface area contributed by atoms with Crippen molar-refractivity contribution in [3.05, 3.63) is 33.9 Å². The number of carbonyl (C=O) groups is 1. The molecule has 1 aliphatic carbocycles. The Bertz CT molecular complexity index is 743. The van der Waals surface area contributed by atoms with Crippen molar-refractivity contribution in [1.29, 1.82) is 0 Å². The van der Waals surface area contributed by atoms with Gasteiger partial charge in [-0.2, -0.15) is 11.8 Å². The molecular weight excluding hydrogens is 380 g/mol. The molecule has 2 aliphatic heterocycles. The fourth-order valence-corrected chi connectivity index (χ4v) is 5.35. The number of benzene rings is 1. The van der Waals surface area contributed by atoms with Gasteiger partial charge in [-0.15, -0.1) is 0 Å². The maximum Gasteiger partial charge on any atom is 0.293 e. The summed E-state index contributed by atoms with van der Waals surface area (Å²) in [6, 6.07) is 5.00. The Hall–Kier alpha value is -1.84. The van der Waals surface area contributed by atoms with Gasteiger partial charge in [0.25, 0.3) is 11.6 Å². The Morgan fingerprint density at radius 2 is 2.14 bits per heavy atom. The zero-order valence-electron chi connectivity index (χ0n) is 15.8. The summed E-state index contributed by atoms with van der Waals surface area (Å²) in [5, 5.41) is 17.6. The molecule has 9 heteroatoms. The predicted molar refractivity (Wildman–Crippen MR) is 109 cm³/mol. The van der Waals surface area contributed by atoms with Crippen LogP contribution in [0.2, 0.25) is 0 Å². The Labute approximate surface area is 168 Å². The van der Waals surface area contributed by atoms with E-state index in [9.17, 15) is 14.9 Å². The molecule has 3 aliphatic rings. The standard InChI is InChI=1S/C19H26N4O4S/c24-18(14-1-4-16(21-15-2-3-15)17(11-14)23(25)26)20-12-19(5-10-28-13-19)22-6-8-27-9-7-22/h1,4,11,15,21H,2-3,5-10,12-13H2,(H,20,24). The molecule has 4 rings (SSSR count). The van der Waals surface area contributed by atoms with Crippen LogP contribution < -0.4 is 10.6 Å². The first-order valence-electron chi connectivity index (χ1n) is 9.81. The third kappa shape index (κ3) is 4.26. The zero-order chi connectivity index (χ0) is 19.6. The van der Waals surface area contributed by atoms with Crippen LogP contribution in [0.25, 0.3) is 0 Å². The lowest BCUT2D eigenvalue weighted by molar-refractivity contribution is -0.384. The molecular formula is C19H26N4O4S. The van der Waals surface area contributed by atoms with Crippen molar-refractivity contribution in [3.63, 3.8) is 0 Å². The van der Waals surface area contributed by atoms with E-state index >= 15 is 0 Å². The molecule has 1 atom stereocenters. The number of hydrogen-bond acceptors (Lipinski definition) is 7. The highest BCUT2D eigenvalue weighted by Crippen LogP contribution is 2.34. The second-order valence-corrected chi connectivity index (χ2v) is 8.82. The van der Waals surface area contributed by atoms with Crippen LogP contribution in [0.1, 0.15) is 29.6 Å². The van der Waals surface area contributed by atoms with Crippen LogP contribution in [0, 0.1) is 10.1 Å². The van der Waals surface area contributed by atoms with Crippen LogP contribution in [0.15, 0.2) is 18.2 Å². The van der Waals surface area contributed by atoms with E-state index in [1.54, 1.807) is 12.1 Å². The number of morpholine rings is 1. The number of thioether (sulfide) groups is 1. The maximum absolute atomic E-state index is 12.7. The number of ether oxygens (including phenoxy) is 1. The number of anilines is 1. The van der Waals surface area contributed by atoms with Crippen molar-refractivity contribution in [2.45, 2.75) is 30.8 Å². The van der Waals surface area contributed by atoms with Crippen LogP contribution in [0.5, 0.6) is 0 Å². The number of hydrogen-bond donors (Lipinski definition) is 2. The fourth-order valence-electron chi connectivity index (χ4n) is 3.88. The number of amides is 1. The van der Waals surface area contributed by atoms with Gasteiger partial charge in [-0.1, -0.05) is 0 Å². The van der Waals surface area contributed by atoms with Gasteiger partial charge in [0.05, 0.1) is 18.1 Å². The second-order valence-electron chi connectivity index (χ2n) is 7.72. The molecule has 2 N–H and O–H groups in total. The van der Waals surface area contributed by atoms with E-state index in [2.05, 4.69) is 15.5 Å². The van der Waals surface area contributed by atoms with Crippen LogP contribution >= 0.6 is 11.8 Å². The van der Waals surface area contributed by atoms with E-state index < -0.39 is 4.92 Å². The number of nitrogens with zero attached hydrogens (tertiary/aromatic N) is 2. The molecule has 1 aromatic rings. The summed E-state index contributed by atoms with van der Waals surface area (Å²) in [6.07, 6.45) is 3.09. The molecule has 0 bridgehead atoms. The van der Waals surface area contributed by atoms with E-state index in [0.717, 1.165) is 57.1 Å². The first-order chi connectivity index (χ1) is 13.6. The van der Waals surface area contributed by atoms with Crippen molar-refractivity contribution in [3.8, 4) is 0 Å². The lowest BCUT2D eigenvalue weighted by atomic mass is 9.95. The van der Waals surface area contributed by atoms with Crippen molar-refractivity contribution < 1.29 is 14.5 Å². The minimum atomic E-state index is -0.426. The smallest absolute Gasteiger partial charge is 0.293 e. The van der Waals surface area contributed by atoms with E-state index in [4.69, 9.17) is 4.74 Å². The number of nitro groups is 1. The number of nitrogens with one attached hydrogen (secondary N) is 2. The van der Waals surface area contributed by atoms with Gasteiger partial charge in [-0.3, -0.25) is 19.8 Å². The van der Waals surface area contributed by atoms with Crippen LogP contribution in [-0.2, 0) is 4.74 Å². The summed E-state index contributed by atoms with van der Waals surface area (Å²) in [5.41, 5.74) is 0.722. The minimum Gasteiger partial charge on any atom is -0.379 e. The van der Waals surface area contributed by atoms with Gasteiger partial charge in [0.1, 0.15) is 5.69 Å². The molecule has 1 unspecified atom stereocenters. The topological polar surface area (TPSA) is 96.7 Å². The first-order valence-corrected chi connectivity index (χ1v) is 11.0. The zero-order valence-corrected chi connectivity index (χ0v) is 16.6. The summed E-state index contributed by atoms with van der Waals surface area (Å²) in [5.74, 6) is 1.81. The molecule has 8 nitrogen and oxygen atoms in total. The minimum absolute atomic E-state index is 0.0427. The van der Waals surface area contributed by atoms with Crippen LogP contribution in [-0.4, -0.2) is 71.7 Å². The Morgan fingerprint density at radius 3 is 2.79 bits per heavy atom. The van der Waals surface area contributed by atoms with Gasteiger partial charge < -0.3 is 15.4 Å². The normalized spacial score (nSPS) is 25.4. The summed E-state index contributed by atoms with van der Waals surface area (Å²) in [6.45, 7) is 3.76. The molecule has 1 aromatic carbocycles. The molecule has 1 amide bonds. The monoisotopic (exact) mass is 406 g/mol. The first kappa shape index (κ1) is 19.5. The lowest BCUT2D eigenvalue weighted by Gasteiger charge is -2.43. The van der Waals surface area contributed by atoms with Gasteiger partial charge in [-0.05, 0) is 37.1 Å². The summed E-state index contributed by atoms with van der Waals surface area (Å²) >= 11 is 1.91. The third-order valence-corrected chi connectivity index (χ3v) is 6.97. The highest BCUT2D eigenvalue weighted by atomic mass is 32.2. The van der Waals surface area contributed by atoms with Gasteiger partial charge in [0, 0.05) is 48.6 Å². The van der Waals surface area contributed by atoms with Gasteiger partial charge >= 0.3 is 0 Å². The third-order valence-electron chi connectivity index (χ3n) is 5.74. The Kier molecular flexibility index (Phi) is 5.75. The molecule has 28 heavy (non-hydrogen) atoms. The van der Waals surface area contributed by atoms with E-state index in [1.165, 1.54) is 6.07 Å². The van der Waals surface area contributed by atoms with Gasteiger partial charge in [0.2, 0.25) is 0 Å². The molecule has 0 spiro atoms. The van der Waals surface area contributed by atoms with Crippen molar-refractivity contribution in [1.82, 2.24) is 10.2 Å². The number of nitro benzene ring substituents is 1. The van der Waals surface area contributed by atoms with E-state index in [-0.39, 0.29) is 17.1 Å². The summed E-state index contributed by atoms with van der Waals surface area (Å²) in [7, 11) is 0. The molecule has 1 saturated carbocycles. The van der Waals surface area contributed by atoms with Crippen molar-refractivity contribution in [2.75, 3.05) is 49.7 Å². The highest BCUT2D eigenvalue weighted by Gasteiger charge is 2.41. The molecule has 0 aromatic heterocycles. The molecule has 152 valence electrons. The molecule has 2 heterocycles. The molecule has 2 saturated heterocycles.